The standard InChI is InChI=1S/C15H18Br2N2S/c1-19(10-12-2-4-13(16)5-3-12)7-6-18-9-15-8-14(17)11-20-15/h2-5,8,11,18H,6-7,9-10H2,1H3. The van der Waals surface area contributed by atoms with Crippen molar-refractivity contribution in [1.82, 2.24) is 10.2 Å². The minimum atomic E-state index is 0.947. The Hall–Kier alpha value is -0.200. The Morgan fingerprint density at radius 2 is 1.90 bits per heavy atom. The van der Waals surface area contributed by atoms with Crippen LogP contribution in [-0.2, 0) is 13.1 Å². The third-order valence-corrected chi connectivity index (χ3v) is 5.18. The van der Waals surface area contributed by atoms with Crippen molar-refractivity contribution in [2.75, 3.05) is 20.1 Å². The molecule has 0 spiro atoms. The highest BCUT2D eigenvalue weighted by Gasteiger charge is 2.01. The first-order valence-corrected chi connectivity index (χ1v) is 8.96. The van der Waals surface area contributed by atoms with Crippen LogP contribution in [0.3, 0.4) is 0 Å². The molecule has 1 aromatic carbocycles. The van der Waals surface area contributed by atoms with E-state index in [0.29, 0.717) is 0 Å². The number of rotatable bonds is 7. The summed E-state index contributed by atoms with van der Waals surface area (Å²) < 4.78 is 2.30. The van der Waals surface area contributed by atoms with Gasteiger partial charge in [-0.25, -0.2) is 0 Å². The summed E-state index contributed by atoms with van der Waals surface area (Å²) in [6.07, 6.45) is 0. The van der Waals surface area contributed by atoms with Crippen LogP contribution in [0.2, 0.25) is 0 Å². The van der Waals surface area contributed by atoms with E-state index in [2.05, 4.69) is 84.8 Å². The highest BCUT2D eigenvalue weighted by atomic mass is 79.9. The number of halogens is 2. The highest BCUT2D eigenvalue weighted by Crippen LogP contribution is 2.19. The van der Waals surface area contributed by atoms with Crippen LogP contribution in [0.4, 0.5) is 0 Å². The Bertz CT molecular complexity index is 525. The molecule has 2 aromatic rings. The van der Waals surface area contributed by atoms with Gasteiger partial charge in [0.05, 0.1) is 0 Å². The zero-order valence-electron chi connectivity index (χ0n) is 11.4. The number of nitrogens with one attached hydrogen (secondary N) is 1. The van der Waals surface area contributed by atoms with Crippen molar-refractivity contribution in [3.05, 3.63) is 55.1 Å². The Morgan fingerprint density at radius 1 is 1.15 bits per heavy atom. The van der Waals surface area contributed by atoms with Crippen LogP contribution in [-0.4, -0.2) is 25.0 Å². The van der Waals surface area contributed by atoms with Gasteiger partial charge in [-0.3, -0.25) is 0 Å². The molecule has 0 saturated heterocycles. The van der Waals surface area contributed by atoms with E-state index in [0.717, 1.165) is 30.7 Å². The molecule has 1 aromatic heterocycles. The summed E-state index contributed by atoms with van der Waals surface area (Å²) in [7, 11) is 2.16. The highest BCUT2D eigenvalue weighted by molar-refractivity contribution is 9.10. The minimum Gasteiger partial charge on any atom is -0.311 e. The summed E-state index contributed by atoms with van der Waals surface area (Å²) >= 11 is 8.72. The Morgan fingerprint density at radius 3 is 2.55 bits per heavy atom. The smallest absolute Gasteiger partial charge is 0.0300 e. The molecule has 0 aliphatic heterocycles. The summed E-state index contributed by atoms with van der Waals surface area (Å²) in [5.74, 6) is 0. The van der Waals surface area contributed by atoms with Crippen molar-refractivity contribution in [3.63, 3.8) is 0 Å². The van der Waals surface area contributed by atoms with Gasteiger partial charge in [0.15, 0.2) is 0 Å². The van der Waals surface area contributed by atoms with E-state index in [4.69, 9.17) is 0 Å². The first-order chi connectivity index (χ1) is 9.63. The van der Waals surface area contributed by atoms with Crippen molar-refractivity contribution in [2.45, 2.75) is 13.1 Å². The van der Waals surface area contributed by atoms with Gasteiger partial charge in [-0.15, -0.1) is 11.3 Å². The molecule has 0 radical (unpaired) electrons. The molecule has 5 heteroatoms. The van der Waals surface area contributed by atoms with E-state index in [-0.39, 0.29) is 0 Å². The average Bonchev–Trinajstić information content (AvgIpc) is 2.83. The predicted octanol–water partition coefficient (Wildman–Crippen LogP) is 4.49. The lowest BCUT2D eigenvalue weighted by atomic mass is 10.2. The van der Waals surface area contributed by atoms with Crippen LogP contribution in [0.1, 0.15) is 10.4 Å². The van der Waals surface area contributed by atoms with Gasteiger partial charge < -0.3 is 10.2 Å². The molecule has 0 bridgehead atoms. The largest absolute Gasteiger partial charge is 0.311 e. The molecule has 0 saturated carbocycles. The normalized spacial score (nSPS) is 11.2. The molecule has 20 heavy (non-hydrogen) atoms. The van der Waals surface area contributed by atoms with E-state index in [1.165, 1.54) is 14.9 Å². The maximum Gasteiger partial charge on any atom is 0.0300 e. The summed E-state index contributed by atoms with van der Waals surface area (Å²) in [6.45, 7) is 3.98. The lowest BCUT2D eigenvalue weighted by Gasteiger charge is -2.17. The average molecular weight is 418 g/mol. The quantitative estimate of drug-likeness (QED) is 0.667. The van der Waals surface area contributed by atoms with Crippen LogP contribution in [0, 0.1) is 0 Å². The van der Waals surface area contributed by atoms with Gasteiger partial charge in [-0.1, -0.05) is 28.1 Å². The second kappa shape index (κ2) is 8.29. The molecule has 2 nitrogen and oxygen atoms in total. The second-order valence-corrected chi connectivity index (χ2v) is 7.60. The van der Waals surface area contributed by atoms with Gasteiger partial charge in [0, 0.05) is 45.4 Å². The summed E-state index contributed by atoms with van der Waals surface area (Å²) in [5.41, 5.74) is 1.35. The summed E-state index contributed by atoms with van der Waals surface area (Å²) in [5, 5.41) is 5.60. The summed E-state index contributed by atoms with van der Waals surface area (Å²) in [6, 6.07) is 10.7. The molecule has 0 fully saturated rings. The summed E-state index contributed by atoms with van der Waals surface area (Å²) in [4.78, 5) is 3.70. The van der Waals surface area contributed by atoms with Gasteiger partial charge >= 0.3 is 0 Å². The molecule has 0 aliphatic rings. The van der Waals surface area contributed by atoms with Crippen molar-refractivity contribution < 1.29 is 0 Å². The Labute approximate surface area is 141 Å². The fourth-order valence-corrected chi connectivity index (χ4v) is 3.59. The van der Waals surface area contributed by atoms with Crippen molar-refractivity contribution >= 4 is 43.2 Å². The molecule has 0 unspecified atom stereocenters. The van der Waals surface area contributed by atoms with Crippen LogP contribution >= 0.6 is 43.2 Å². The Balaban J connectivity index is 1.65. The molecule has 0 atom stereocenters. The first-order valence-electron chi connectivity index (χ1n) is 6.50. The molecule has 1 N–H and O–H groups in total. The van der Waals surface area contributed by atoms with Gasteiger partial charge in [0.25, 0.3) is 0 Å². The van der Waals surface area contributed by atoms with E-state index >= 15 is 0 Å². The number of thiophene rings is 1. The topological polar surface area (TPSA) is 15.3 Å². The van der Waals surface area contributed by atoms with Crippen molar-refractivity contribution in [3.8, 4) is 0 Å². The second-order valence-electron chi connectivity index (χ2n) is 4.77. The molecule has 1 heterocycles. The molecule has 0 amide bonds. The third kappa shape index (κ3) is 5.66. The van der Waals surface area contributed by atoms with Crippen molar-refractivity contribution in [2.24, 2.45) is 0 Å². The Kier molecular flexibility index (Phi) is 6.71. The van der Waals surface area contributed by atoms with Crippen LogP contribution < -0.4 is 5.32 Å². The van der Waals surface area contributed by atoms with Gasteiger partial charge in [0.1, 0.15) is 0 Å². The molecule has 0 aliphatic carbocycles. The number of benzene rings is 1. The first kappa shape index (κ1) is 16.2. The van der Waals surface area contributed by atoms with E-state index in [1.54, 1.807) is 11.3 Å². The lowest BCUT2D eigenvalue weighted by Crippen LogP contribution is -2.28. The van der Waals surface area contributed by atoms with E-state index in [9.17, 15) is 0 Å². The zero-order valence-corrected chi connectivity index (χ0v) is 15.4. The molecular weight excluding hydrogens is 400 g/mol. The number of likely N-dealkylation sites (N-methyl/N-ethyl adjacent to an activating group) is 1. The van der Waals surface area contributed by atoms with Crippen molar-refractivity contribution in [1.29, 1.82) is 0 Å². The van der Waals surface area contributed by atoms with Crippen LogP contribution in [0.15, 0.2) is 44.7 Å². The lowest BCUT2D eigenvalue weighted by molar-refractivity contribution is 0.324. The predicted molar refractivity (Wildman–Crippen MR) is 94.2 cm³/mol. The maximum absolute atomic E-state index is 3.48. The molecular formula is C15H18Br2N2S. The zero-order chi connectivity index (χ0) is 14.4. The fourth-order valence-electron chi connectivity index (χ4n) is 1.91. The monoisotopic (exact) mass is 416 g/mol. The van der Waals surface area contributed by atoms with Crippen LogP contribution in [0.5, 0.6) is 0 Å². The minimum absolute atomic E-state index is 0.947. The fraction of sp³-hybridized carbons (Fsp3) is 0.333. The van der Waals surface area contributed by atoms with Gasteiger partial charge in [0.2, 0.25) is 0 Å². The molecule has 108 valence electrons. The van der Waals surface area contributed by atoms with Gasteiger partial charge in [-0.05, 0) is 46.7 Å². The van der Waals surface area contributed by atoms with Crippen LogP contribution in [0.25, 0.3) is 0 Å². The molecule has 2 rings (SSSR count). The van der Waals surface area contributed by atoms with E-state index < -0.39 is 0 Å². The number of hydrogen-bond acceptors (Lipinski definition) is 3. The third-order valence-electron chi connectivity index (χ3n) is 2.96. The van der Waals surface area contributed by atoms with Gasteiger partial charge in [-0.2, -0.15) is 0 Å². The maximum atomic E-state index is 3.48. The number of nitrogens with zero attached hydrogens (tertiary/aromatic N) is 1. The SMILES string of the molecule is CN(CCNCc1cc(Br)cs1)Cc1ccc(Br)cc1. The number of hydrogen-bond donors (Lipinski definition) is 1. The van der Waals surface area contributed by atoms with E-state index in [1.807, 2.05) is 0 Å².